The van der Waals surface area contributed by atoms with E-state index in [1.807, 2.05) is 19.9 Å². The highest BCUT2D eigenvalue weighted by atomic mass is 16.5. The fourth-order valence-electron chi connectivity index (χ4n) is 2.53. The molecule has 3 heteroatoms. The van der Waals surface area contributed by atoms with Gasteiger partial charge in [-0.25, -0.2) is 0 Å². The smallest absolute Gasteiger partial charge is 0.0827 e. The number of rotatable bonds is 6. The van der Waals surface area contributed by atoms with Crippen LogP contribution < -0.4 is 0 Å². The molecule has 0 amide bonds. The van der Waals surface area contributed by atoms with Crippen LogP contribution in [0.3, 0.4) is 0 Å². The zero-order chi connectivity index (χ0) is 13.0. The minimum absolute atomic E-state index is 0.271. The van der Waals surface area contributed by atoms with Crippen molar-refractivity contribution in [3.8, 4) is 0 Å². The molecule has 0 spiro atoms. The predicted molar refractivity (Wildman–Crippen MR) is 72.4 cm³/mol. The van der Waals surface area contributed by atoms with Gasteiger partial charge in [0.05, 0.1) is 12.2 Å². The molecule has 1 aliphatic rings. The molecule has 0 saturated carbocycles. The summed E-state index contributed by atoms with van der Waals surface area (Å²) in [6.07, 6.45) is 9.03. The Bertz CT molecular complexity index is 353. The molecule has 0 aromatic carbocycles. The Morgan fingerprint density at radius 1 is 1.50 bits per heavy atom. The standard InChI is InChI=1S/C15H25NO2/c1-12(2)15(17)13-7-9-16(11-13)8-3-5-14-6-4-10-18-14/h7,9,11-12,14-15,17H,3-6,8,10H2,1-2H3. The topological polar surface area (TPSA) is 34.4 Å². The Morgan fingerprint density at radius 3 is 3.00 bits per heavy atom. The van der Waals surface area contributed by atoms with Crippen LogP contribution in [0.25, 0.3) is 0 Å². The van der Waals surface area contributed by atoms with Crippen molar-refractivity contribution in [2.24, 2.45) is 5.92 Å². The Labute approximate surface area is 110 Å². The average molecular weight is 251 g/mol. The third-order valence-electron chi connectivity index (χ3n) is 3.71. The highest BCUT2D eigenvalue weighted by Gasteiger charge is 2.15. The van der Waals surface area contributed by atoms with Gasteiger partial charge in [-0.3, -0.25) is 0 Å². The lowest BCUT2D eigenvalue weighted by Gasteiger charge is -2.12. The van der Waals surface area contributed by atoms with Crippen molar-refractivity contribution >= 4 is 0 Å². The molecule has 2 unspecified atom stereocenters. The van der Waals surface area contributed by atoms with Gasteiger partial charge in [-0.2, -0.15) is 0 Å². The number of aliphatic hydroxyl groups is 1. The van der Waals surface area contributed by atoms with Crippen molar-refractivity contribution < 1.29 is 9.84 Å². The first-order chi connectivity index (χ1) is 8.66. The number of aromatic nitrogens is 1. The van der Waals surface area contributed by atoms with E-state index in [1.54, 1.807) is 0 Å². The summed E-state index contributed by atoms with van der Waals surface area (Å²) < 4.78 is 7.79. The van der Waals surface area contributed by atoms with Crippen LogP contribution in [0.15, 0.2) is 18.5 Å². The number of hydrogen-bond acceptors (Lipinski definition) is 2. The van der Waals surface area contributed by atoms with Crippen molar-refractivity contribution in [3.63, 3.8) is 0 Å². The Morgan fingerprint density at radius 2 is 2.33 bits per heavy atom. The van der Waals surface area contributed by atoms with Gasteiger partial charge in [0, 0.05) is 25.5 Å². The van der Waals surface area contributed by atoms with E-state index in [-0.39, 0.29) is 12.0 Å². The quantitative estimate of drug-likeness (QED) is 0.843. The van der Waals surface area contributed by atoms with E-state index in [2.05, 4.69) is 17.0 Å². The molecule has 1 fully saturated rings. The lowest BCUT2D eigenvalue weighted by atomic mass is 10.0. The van der Waals surface area contributed by atoms with Gasteiger partial charge in [-0.1, -0.05) is 13.8 Å². The van der Waals surface area contributed by atoms with Crippen LogP contribution in [0.4, 0.5) is 0 Å². The van der Waals surface area contributed by atoms with Gasteiger partial charge in [0.1, 0.15) is 0 Å². The molecule has 1 aliphatic heterocycles. The highest BCUT2D eigenvalue weighted by Crippen LogP contribution is 2.22. The maximum atomic E-state index is 9.98. The van der Waals surface area contributed by atoms with Crippen molar-refractivity contribution in [3.05, 3.63) is 24.0 Å². The minimum atomic E-state index is -0.343. The van der Waals surface area contributed by atoms with Gasteiger partial charge in [0.25, 0.3) is 0 Å². The van der Waals surface area contributed by atoms with Gasteiger partial charge in [-0.05, 0) is 43.2 Å². The molecule has 102 valence electrons. The summed E-state index contributed by atoms with van der Waals surface area (Å²) in [4.78, 5) is 0. The summed E-state index contributed by atoms with van der Waals surface area (Å²) in [6, 6.07) is 2.02. The third kappa shape index (κ3) is 3.59. The molecule has 0 aliphatic carbocycles. The maximum absolute atomic E-state index is 9.98. The van der Waals surface area contributed by atoms with Crippen LogP contribution in [0.5, 0.6) is 0 Å². The van der Waals surface area contributed by atoms with Crippen molar-refractivity contribution in [2.45, 2.75) is 58.3 Å². The van der Waals surface area contributed by atoms with Gasteiger partial charge in [-0.15, -0.1) is 0 Å². The Hall–Kier alpha value is -0.800. The number of hydrogen-bond donors (Lipinski definition) is 1. The maximum Gasteiger partial charge on any atom is 0.0827 e. The van der Waals surface area contributed by atoms with E-state index < -0.39 is 0 Å². The number of nitrogens with zero attached hydrogens (tertiary/aromatic N) is 1. The van der Waals surface area contributed by atoms with Gasteiger partial charge >= 0.3 is 0 Å². The van der Waals surface area contributed by atoms with E-state index in [4.69, 9.17) is 4.74 Å². The molecule has 2 heterocycles. The fourth-order valence-corrected chi connectivity index (χ4v) is 2.53. The Balaban J connectivity index is 1.76. The SMILES string of the molecule is CC(C)C(O)c1ccn(CCCC2CCCO2)c1. The molecule has 1 aromatic heterocycles. The van der Waals surface area contributed by atoms with Crippen LogP contribution in [0.1, 0.15) is 51.2 Å². The van der Waals surface area contributed by atoms with E-state index in [1.165, 1.54) is 12.8 Å². The molecular formula is C15H25NO2. The number of aliphatic hydroxyl groups excluding tert-OH is 1. The van der Waals surface area contributed by atoms with Crippen molar-refractivity contribution in [2.75, 3.05) is 6.61 Å². The monoisotopic (exact) mass is 251 g/mol. The van der Waals surface area contributed by atoms with Gasteiger partial charge < -0.3 is 14.4 Å². The molecule has 0 bridgehead atoms. The van der Waals surface area contributed by atoms with E-state index in [0.29, 0.717) is 6.10 Å². The van der Waals surface area contributed by atoms with Crippen LogP contribution in [-0.2, 0) is 11.3 Å². The molecule has 18 heavy (non-hydrogen) atoms. The second-order valence-electron chi connectivity index (χ2n) is 5.65. The van der Waals surface area contributed by atoms with Crippen LogP contribution in [0, 0.1) is 5.92 Å². The van der Waals surface area contributed by atoms with Crippen molar-refractivity contribution in [1.29, 1.82) is 0 Å². The van der Waals surface area contributed by atoms with E-state index >= 15 is 0 Å². The summed E-state index contributed by atoms with van der Waals surface area (Å²) >= 11 is 0. The first-order valence-electron chi connectivity index (χ1n) is 7.12. The molecular weight excluding hydrogens is 226 g/mol. The first-order valence-corrected chi connectivity index (χ1v) is 7.12. The average Bonchev–Trinajstić information content (AvgIpc) is 2.99. The number of aryl methyl sites for hydroxylation is 1. The van der Waals surface area contributed by atoms with Crippen molar-refractivity contribution in [1.82, 2.24) is 4.57 Å². The Kier molecular flexibility index (Phi) is 4.84. The molecule has 3 nitrogen and oxygen atoms in total. The number of ether oxygens (including phenoxy) is 1. The summed E-state index contributed by atoms with van der Waals surface area (Å²) in [5.74, 6) is 0.271. The zero-order valence-electron chi connectivity index (χ0n) is 11.5. The second kappa shape index (κ2) is 6.39. The van der Waals surface area contributed by atoms with E-state index in [0.717, 1.165) is 31.6 Å². The lowest BCUT2D eigenvalue weighted by Crippen LogP contribution is -2.07. The summed E-state index contributed by atoms with van der Waals surface area (Å²) in [7, 11) is 0. The third-order valence-corrected chi connectivity index (χ3v) is 3.71. The molecule has 1 aromatic rings. The van der Waals surface area contributed by atoms with Crippen LogP contribution >= 0.6 is 0 Å². The lowest BCUT2D eigenvalue weighted by molar-refractivity contribution is 0.101. The van der Waals surface area contributed by atoms with Crippen LogP contribution in [0.2, 0.25) is 0 Å². The van der Waals surface area contributed by atoms with Gasteiger partial charge in [0.15, 0.2) is 0 Å². The normalized spacial score (nSPS) is 21.7. The highest BCUT2D eigenvalue weighted by molar-refractivity contribution is 5.14. The molecule has 1 N–H and O–H groups in total. The van der Waals surface area contributed by atoms with Crippen LogP contribution in [-0.4, -0.2) is 22.4 Å². The van der Waals surface area contributed by atoms with Gasteiger partial charge in [0.2, 0.25) is 0 Å². The largest absolute Gasteiger partial charge is 0.388 e. The zero-order valence-corrected chi connectivity index (χ0v) is 11.5. The predicted octanol–water partition coefficient (Wildman–Crippen LogP) is 3.14. The minimum Gasteiger partial charge on any atom is -0.388 e. The summed E-state index contributed by atoms with van der Waals surface area (Å²) in [5, 5.41) is 9.98. The molecule has 2 rings (SSSR count). The molecule has 2 atom stereocenters. The fraction of sp³-hybridized carbons (Fsp3) is 0.733. The molecule has 0 radical (unpaired) electrons. The molecule has 1 saturated heterocycles. The second-order valence-corrected chi connectivity index (χ2v) is 5.65. The summed E-state index contributed by atoms with van der Waals surface area (Å²) in [5.41, 5.74) is 1.03. The first kappa shape index (κ1) is 13.6. The van der Waals surface area contributed by atoms with E-state index in [9.17, 15) is 5.11 Å². The summed E-state index contributed by atoms with van der Waals surface area (Å²) in [6.45, 7) is 6.04.